The second kappa shape index (κ2) is 4.60. The minimum Gasteiger partial charge on any atom is -0.388 e. The van der Waals surface area contributed by atoms with Crippen molar-refractivity contribution in [2.24, 2.45) is 11.3 Å². The van der Waals surface area contributed by atoms with Crippen LogP contribution < -0.4 is 0 Å². The number of hydrogen-bond donors (Lipinski definition) is 1. The fraction of sp³-hybridized carbons (Fsp3) is 0.917. The number of aliphatic hydroxyl groups is 1. The predicted molar refractivity (Wildman–Crippen MR) is 64.3 cm³/mol. The highest BCUT2D eigenvalue weighted by atomic mass is 32.2. The van der Waals surface area contributed by atoms with E-state index >= 15 is 0 Å². The van der Waals surface area contributed by atoms with Gasteiger partial charge in [-0.15, -0.1) is 0 Å². The number of sulfone groups is 1. The van der Waals surface area contributed by atoms with Crippen LogP contribution in [-0.2, 0) is 9.84 Å². The molecule has 1 heterocycles. The lowest BCUT2D eigenvalue weighted by molar-refractivity contribution is -0.210. The van der Waals surface area contributed by atoms with Gasteiger partial charge >= 0.3 is 6.18 Å². The Bertz CT molecular complexity index is 539. The van der Waals surface area contributed by atoms with Crippen LogP contribution in [0.4, 0.5) is 13.2 Å². The van der Waals surface area contributed by atoms with Gasteiger partial charge in [0.05, 0.1) is 29.1 Å². The maximum Gasteiger partial charge on any atom is 0.391 e. The molecular formula is C12H16F3NO3S. The molecule has 0 aromatic carbocycles. The third-order valence-corrected chi connectivity index (χ3v) is 6.36. The average Bonchev–Trinajstić information content (AvgIpc) is 2.66. The zero-order valence-electron chi connectivity index (χ0n) is 10.8. The zero-order chi connectivity index (χ0) is 15.2. The van der Waals surface area contributed by atoms with E-state index in [9.17, 15) is 32.0 Å². The molecular weight excluding hydrogens is 295 g/mol. The summed E-state index contributed by atoms with van der Waals surface area (Å²) in [6, 6.07) is 1.82. The van der Waals surface area contributed by atoms with Crippen LogP contribution >= 0.6 is 0 Å². The van der Waals surface area contributed by atoms with Crippen LogP contribution in [0.1, 0.15) is 32.1 Å². The van der Waals surface area contributed by atoms with E-state index in [1.165, 1.54) is 0 Å². The highest BCUT2D eigenvalue weighted by Crippen LogP contribution is 2.52. The maximum atomic E-state index is 12.8. The van der Waals surface area contributed by atoms with Crippen LogP contribution in [-0.4, -0.2) is 36.8 Å². The summed E-state index contributed by atoms with van der Waals surface area (Å²) >= 11 is 0. The van der Waals surface area contributed by atoms with Crippen LogP contribution in [0.15, 0.2) is 0 Å². The van der Waals surface area contributed by atoms with Crippen molar-refractivity contribution in [1.82, 2.24) is 0 Å². The lowest BCUT2D eigenvalue weighted by atomic mass is 9.63. The molecule has 1 saturated carbocycles. The van der Waals surface area contributed by atoms with Crippen LogP contribution in [0.2, 0.25) is 0 Å². The minimum absolute atomic E-state index is 0.0443. The topological polar surface area (TPSA) is 78.2 Å². The Balaban J connectivity index is 2.32. The molecule has 1 saturated heterocycles. The van der Waals surface area contributed by atoms with Gasteiger partial charge in [-0.1, -0.05) is 0 Å². The molecule has 1 N–H and O–H groups in total. The fourth-order valence-corrected chi connectivity index (χ4v) is 5.41. The molecule has 4 nitrogen and oxygen atoms in total. The van der Waals surface area contributed by atoms with Gasteiger partial charge in [0.2, 0.25) is 0 Å². The van der Waals surface area contributed by atoms with Crippen LogP contribution in [0.5, 0.6) is 0 Å². The summed E-state index contributed by atoms with van der Waals surface area (Å²) in [5.41, 5.74) is -3.47. The molecule has 0 bridgehead atoms. The Morgan fingerprint density at radius 3 is 2.40 bits per heavy atom. The smallest absolute Gasteiger partial charge is 0.388 e. The van der Waals surface area contributed by atoms with Crippen LogP contribution in [0.25, 0.3) is 0 Å². The first kappa shape index (κ1) is 15.6. The molecule has 0 aromatic heterocycles. The van der Waals surface area contributed by atoms with Crippen molar-refractivity contribution in [3.63, 3.8) is 0 Å². The normalized spacial score (nSPS) is 41.2. The summed E-state index contributed by atoms with van der Waals surface area (Å²) in [5.74, 6) is -2.47. The zero-order valence-corrected chi connectivity index (χ0v) is 11.6. The van der Waals surface area contributed by atoms with Crippen LogP contribution in [0.3, 0.4) is 0 Å². The number of hydrogen-bond acceptors (Lipinski definition) is 4. The van der Waals surface area contributed by atoms with Gasteiger partial charge in [-0.25, -0.2) is 8.42 Å². The third kappa shape index (κ3) is 2.53. The molecule has 1 aliphatic carbocycles. The second-order valence-corrected chi connectivity index (χ2v) is 8.09. The molecule has 0 amide bonds. The number of nitriles is 1. The molecule has 20 heavy (non-hydrogen) atoms. The SMILES string of the molecule is N#CC1(C2(O)CCCC(C(F)(F)F)C2)CCS(=O)(=O)C1. The maximum absolute atomic E-state index is 12.8. The minimum atomic E-state index is -4.43. The van der Waals surface area contributed by atoms with Crippen molar-refractivity contribution < 1.29 is 26.7 Å². The van der Waals surface area contributed by atoms with Crippen LogP contribution in [0, 0.1) is 22.7 Å². The second-order valence-electron chi connectivity index (χ2n) is 5.90. The number of nitrogens with zero attached hydrogens (tertiary/aromatic N) is 1. The van der Waals surface area contributed by atoms with Gasteiger partial charge < -0.3 is 5.11 Å². The molecule has 0 spiro atoms. The largest absolute Gasteiger partial charge is 0.391 e. The lowest BCUT2D eigenvalue weighted by Crippen LogP contribution is -2.53. The number of halogens is 3. The highest BCUT2D eigenvalue weighted by Gasteiger charge is 2.60. The molecule has 8 heteroatoms. The standard InChI is InChI=1S/C12H16F3NO3S/c13-12(14,15)9-2-1-3-11(17,6-9)10(7-16)4-5-20(18,19)8-10/h9,17H,1-6,8H2. The van der Waals surface area contributed by atoms with E-state index < -0.39 is 45.1 Å². The van der Waals surface area contributed by atoms with E-state index in [1.54, 1.807) is 0 Å². The Hall–Kier alpha value is -0.810. The van der Waals surface area contributed by atoms with Crippen molar-refractivity contribution >= 4 is 9.84 Å². The van der Waals surface area contributed by atoms with Gasteiger partial charge in [0.25, 0.3) is 0 Å². The van der Waals surface area contributed by atoms with E-state index in [0.29, 0.717) is 0 Å². The Morgan fingerprint density at radius 1 is 1.30 bits per heavy atom. The molecule has 2 fully saturated rings. The predicted octanol–water partition coefficient (Wildman–Crippen LogP) is 1.80. The summed E-state index contributed by atoms with van der Waals surface area (Å²) in [6.07, 6.45) is -5.00. The number of alkyl halides is 3. The molecule has 114 valence electrons. The first-order valence-electron chi connectivity index (χ1n) is 6.44. The molecule has 3 unspecified atom stereocenters. The lowest BCUT2D eigenvalue weighted by Gasteiger charge is -2.45. The molecule has 2 rings (SSSR count). The van der Waals surface area contributed by atoms with E-state index in [-0.39, 0.29) is 31.4 Å². The van der Waals surface area contributed by atoms with Crippen molar-refractivity contribution in [1.29, 1.82) is 5.26 Å². The third-order valence-electron chi connectivity index (χ3n) is 4.60. The Labute approximate surface area is 115 Å². The van der Waals surface area contributed by atoms with Crippen molar-refractivity contribution in [2.75, 3.05) is 11.5 Å². The first-order valence-corrected chi connectivity index (χ1v) is 8.27. The quantitative estimate of drug-likeness (QED) is 0.801. The molecule has 2 aliphatic rings. The van der Waals surface area contributed by atoms with Crippen molar-refractivity contribution in [3.8, 4) is 6.07 Å². The van der Waals surface area contributed by atoms with E-state index in [2.05, 4.69) is 0 Å². The Kier molecular flexibility index (Phi) is 3.58. The van der Waals surface area contributed by atoms with E-state index in [0.717, 1.165) is 0 Å². The van der Waals surface area contributed by atoms with Crippen molar-refractivity contribution in [3.05, 3.63) is 0 Å². The highest BCUT2D eigenvalue weighted by molar-refractivity contribution is 7.91. The van der Waals surface area contributed by atoms with Gasteiger partial charge in [-0.2, -0.15) is 18.4 Å². The first-order chi connectivity index (χ1) is 9.04. The van der Waals surface area contributed by atoms with Gasteiger partial charge in [-0.05, 0) is 32.1 Å². The number of rotatable bonds is 1. The summed E-state index contributed by atoms with van der Waals surface area (Å²) in [4.78, 5) is 0. The summed E-state index contributed by atoms with van der Waals surface area (Å²) in [7, 11) is -3.47. The van der Waals surface area contributed by atoms with Gasteiger partial charge in [-0.3, -0.25) is 0 Å². The van der Waals surface area contributed by atoms with E-state index in [1.807, 2.05) is 6.07 Å². The van der Waals surface area contributed by atoms with Gasteiger partial charge in [0.1, 0.15) is 5.41 Å². The Morgan fingerprint density at radius 2 is 1.95 bits per heavy atom. The summed E-state index contributed by atoms with van der Waals surface area (Å²) in [5, 5.41) is 19.9. The monoisotopic (exact) mass is 311 g/mol. The average molecular weight is 311 g/mol. The molecule has 0 aromatic rings. The van der Waals surface area contributed by atoms with E-state index in [4.69, 9.17) is 0 Å². The van der Waals surface area contributed by atoms with Gasteiger partial charge in [0.15, 0.2) is 9.84 Å². The molecule has 0 radical (unpaired) electrons. The summed E-state index contributed by atoms with van der Waals surface area (Å²) in [6.45, 7) is 0. The van der Waals surface area contributed by atoms with Crippen molar-refractivity contribution in [2.45, 2.75) is 43.9 Å². The summed E-state index contributed by atoms with van der Waals surface area (Å²) < 4.78 is 61.7. The fourth-order valence-electron chi connectivity index (χ4n) is 3.38. The van der Waals surface area contributed by atoms with Gasteiger partial charge in [0, 0.05) is 0 Å². The molecule has 1 aliphatic heterocycles. The molecule has 3 atom stereocenters.